The molecular formula is C36H56. The largest absolute Gasteiger partial charge is 0.0882 e. The van der Waals surface area contributed by atoms with Crippen molar-refractivity contribution in [1.29, 1.82) is 0 Å². The van der Waals surface area contributed by atoms with Crippen molar-refractivity contribution in [2.75, 3.05) is 0 Å². The first kappa shape index (κ1) is 27.7. The molecule has 1 aromatic carbocycles. The molecule has 2 fully saturated rings. The van der Waals surface area contributed by atoms with Crippen LogP contribution in [-0.4, -0.2) is 0 Å². The molecule has 0 heteroatoms. The summed E-state index contributed by atoms with van der Waals surface area (Å²) in [7, 11) is 0. The maximum atomic E-state index is 2.65. The summed E-state index contributed by atoms with van der Waals surface area (Å²) < 4.78 is 0. The van der Waals surface area contributed by atoms with E-state index in [2.05, 4.69) is 62.4 Å². The average molecular weight is 489 g/mol. The summed E-state index contributed by atoms with van der Waals surface area (Å²) in [6, 6.07) is 9.56. The van der Waals surface area contributed by atoms with Crippen molar-refractivity contribution in [3.05, 3.63) is 59.7 Å². The van der Waals surface area contributed by atoms with Gasteiger partial charge in [0.1, 0.15) is 0 Å². The molecule has 2 unspecified atom stereocenters. The summed E-state index contributed by atoms with van der Waals surface area (Å²) in [5, 5.41) is 0. The van der Waals surface area contributed by atoms with Crippen LogP contribution in [0.4, 0.5) is 0 Å². The summed E-state index contributed by atoms with van der Waals surface area (Å²) in [6.07, 6.45) is 35.7. The second-order valence-corrected chi connectivity index (χ2v) is 12.8. The normalized spacial score (nSPS) is 31.2. The first-order valence-corrected chi connectivity index (χ1v) is 16.2. The van der Waals surface area contributed by atoms with Crippen LogP contribution < -0.4 is 0 Å². The summed E-state index contributed by atoms with van der Waals surface area (Å²) >= 11 is 0. The Bertz CT molecular complexity index is 767. The Morgan fingerprint density at radius 1 is 0.722 bits per heavy atom. The van der Waals surface area contributed by atoms with E-state index in [4.69, 9.17) is 0 Å². The van der Waals surface area contributed by atoms with Gasteiger partial charge in [0.2, 0.25) is 0 Å². The highest BCUT2D eigenvalue weighted by atomic mass is 14.3. The summed E-state index contributed by atoms with van der Waals surface area (Å²) in [5.74, 6) is 5.39. The Labute approximate surface area is 224 Å². The third-order valence-electron chi connectivity index (χ3n) is 10.1. The number of hydrogen-bond donors (Lipinski definition) is 0. The molecule has 2 saturated carbocycles. The second-order valence-electron chi connectivity index (χ2n) is 12.8. The zero-order chi connectivity index (χ0) is 25.0. The Hall–Kier alpha value is -1.30. The molecule has 200 valence electrons. The summed E-state index contributed by atoms with van der Waals surface area (Å²) in [5.41, 5.74) is 3.08. The molecule has 1 aromatic rings. The van der Waals surface area contributed by atoms with Gasteiger partial charge >= 0.3 is 0 Å². The highest BCUT2D eigenvalue weighted by Crippen LogP contribution is 2.41. The van der Waals surface area contributed by atoms with E-state index >= 15 is 0 Å². The van der Waals surface area contributed by atoms with Crippen LogP contribution in [0.25, 0.3) is 0 Å². The molecule has 4 rings (SSSR count). The molecule has 0 saturated heterocycles. The smallest absolute Gasteiger partial charge is 0.0162 e. The molecule has 3 aliphatic carbocycles. The first-order chi connectivity index (χ1) is 17.7. The molecule has 0 radical (unpaired) electrons. The predicted octanol–water partition coefficient (Wildman–Crippen LogP) is 11.2. The Morgan fingerprint density at radius 3 is 2.17 bits per heavy atom. The van der Waals surface area contributed by atoms with Gasteiger partial charge in [-0.3, -0.25) is 0 Å². The van der Waals surface area contributed by atoms with Crippen molar-refractivity contribution in [3.8, 4) is 0 Å². The van der Waals surface area contributed by atoms with Gasteiger partial charge in [0, 0.05) is 0 Å². The number of allylic oxidation sites excluding steroid dienone is 4. The maximum Gasteiger partial charge on any atom is -0.0162 e. The van der Waals surface area contributed by atoms with E-state index < -0.39 is 0 Å². The minimum absolute atomic E-state index is 0.793. The van der Waals surface area contributed by atoms with Crippen LogP contribution in [0.1, 0.15) is 140 Å². The van der Waals surface area contributed by atoms with E-state index in [1.807, 2.05) is 0 Å². The monoisotopic (exact) mass is 488 g/mol. The highest BCUT2D eigenvalue weighted by molar-refractivity contribution is 5.26. The van der Waals surface area contributed by atoms with Crippen molar-refractivity contribution < 1.29 is 0 Å². The second kappa shape index (κ2) is 15.2. The van der Waals surface area contributed by atoms with Crippen molar-refractivity contribution in [2.45, 2.75) is 135 Å². The van der Waals surface area contributed by atoms with Gasteiger partial charge in [-0.2, -0.15) is 0 Å². The van der Waals surface area contributed by atoms with E-state index in [1.165, 1.54) is 121 Å². The van der Waals surface area contributed by atoms with Gasteiger partial charge in [-0.1, -0.05) is 107 Å². The fourth-order valence-electron chi connectivity index (χ4n) is 7.61. The lowest BCUT2D eigenvalue weighted by atomic mass is 9.71. The van der Waals surface area contributed by atoms with E-state index in [0.717, 1.165) is 35.5 Å². The fourth-order valence-corrected chi connectivity index (χ4v) is 7.61. The zero-order valence-electron chi connectivity index (χ0n) is 23.8. The topological polar surface area (TPSA) is 0 Å². The van der Waals surface area contributed by atoms with Crippen molar-refractivity contribution >= 4 is 0 Å². The van der Waals surface area contributed by atoms with Crippen molar-refractivity contribution in [2.24, 2.45) is 29.6 Å². The van der Waals surface area contributed by atoms with E-state index in [9.17, 15) is 0 Å². The molecule has 3 aliphatic rings. The lowest BCUT2D eigenvalue weighted by molar-refractivity contribution is 0.203. The summed E-state index contributed by atoms with van der Waals surface area (Å²) in [6.45, 7) is 4.60. The lowest BCUT2D eigenvalue weighted by Crippen LogP contribution is -2.23. The van der Waals surface area contributed by atoms with Crippen LogP contribution in [0.5, 0.6) is 0 Å². The molecule has 2 atom stereocenters. The minimum Gasteiger partial charge on any atom is -0.0882 e. The predicted molar refractivity (Wildman–Crippen MR) is 158 cm³/mol. The third-order valence-corrected chi connectivity index (χ3v) is 10.1. The molecule has 0 N–H and O–H groups in total. The zero-order valence-corrected chi connectivity index (χ0v) is 23.8. The molecule has 0 amide bonds. The quantitative estimate of drug-likeness (QED) is 0.203. The molecule has 0 aromatic heterocycles. The van der Waals surface area contributed by atoms with Gasteiger partial charge in [0.05, 0.1) is 0 Å². The van der Waals surface area contributed by atoms with Crippen LogP contribution in [0.15, 0.2) is 48.6 Å². The number of unbranched alkanes of at least 4 members (excludes halogenated alkanes) is 2. The number of rotatable bonds is 12. The molecule has 0 heterocycles. The standard InChI is InChI=1S/C36H56/c1-3-5-6-10-30-15-23-35(24-16-30)36-27-19-32(20-28-36)12-8-7-11-31-17-25-34(26-18-31)33-21-13-29(9-4-2)14-22-33/h7,11,13-14,19,21-22,27,30-32,34-36H,3-6,8-10,12,15-18,20,23-26,28H2,1-2H3. The van der Waals surface area contributed by atoms with Crippen molar-refractivity contribution in [1.82, 2.24) is 0 Å². The van der Waals surface area contributed by atoms with E-state index in [1.54, 1.807) is 5.56 Å². The van der Waals surface area contributed by atoms with Gasteiger partial charge in [0.15, 0.2) is 0 Å². The number of hydrogen-bond acceptors (Lipinski definition) is 0. The van der Waals surface area contributed by atoms with Gasteiger partial charge in [-0.15, -0.1) is 0 Å². The van der Waals surface area contributed by atoms with Gasteiger partial charge in [-0.25, -0.2) is 0 Å². The number of aryl methyl sites for hydroxylation is 1. The van der Waals surface area contributed by atoms with Crippen LogP contribution in [0, 0.1) is 29.6 Å². The van der Waals surface area contributed by atoms with Crippen molar-refractivity contribution in [3.63, 3.8) is 0 Å². The maximum absolute atomic E-state index is 2.65. The summed E-state index contributed by atoms with van der Waals surface area (Å²) in [4.78, 5) is 0. The Kier molecular flexibility index (Phi) is 11.7. The highest BCUT2D eigenvalue weighted by Gasteiger charge is 2.28. The minimum atomic E-state index is 0.793. The van der Waals surface area contributed by atoms with Gasteiger partial charge in [0.25, 0.3) is 0 Å². The SMILES string of the molecule is CCCCCC1CCC(C2C=CC(CCC=CC3CCC(c4ccc(CCC)cc4)CC3)CC2)CC1. The van der Waals surface area contributed by atoms with Crippen LogP contribution in [0.3, 0.4) is 0 Å². The third kappa shape index (κ3) is 8.63. The van der Waals surface area contributed by atoms with Crippen LogP contribution in [-0.2, 0) is 6.42 Å². The van der Waals surface area contributed by atoms with E-state index in [-0.39, 0.29) is 0 Å². The molecule has 0 nitrogen and oxygen atoms in total. The first-order valence-electron chi connectivity index (χ1n) is 16.2. The lowest BCUT2D eigenvalue weighted by Gasteiger charge is -2.35. The van der Waals surface area contributed by atoms with Crippen LogP contribution >= 0.6 is 0 Å². The molecule has 36 heavy (non-hydrogen) atoms. The van der Waals surface area contributed by atoms with E-state index in [0.29, 0.717) is 0 Å². The molecular weight excluding hydrogens is 432 g/mol. The van der Waals surface area contributed by atoms with Gasteiger partial charge in [-0.05, 0) is 117 Å². The number of benzene rings is 1. The van der Waals surface area contributed by atoms with Gasteiger partial charge < -0.3 is 0 Å². The molecule has 0 aliphatic heterocycles. The Balaban J connectivity index is 1.09. The average Bonchev–Trinajstić information content (AvgIpc) is 2.93. The molecule has 0 spiro atoms. The fraction of sp³-hybridized carbons (Fsp3) is 0.722. The Morgan fingerprint density at radius 2 is 1.50 bits per heavy atom. The molecule has 0 bridgehead atoms. The van der Waals surface area contributed by atoms with Crippen LogP contribution in [0.2, 0.25) is 0 Å².